The van der Waals surface area contributed by atoms with Crippen LogP contribution in [-0.2, 0) is 6.42 Å². The van der Waals surface area contributed by atoms with Crippen molar-refractivity contribution in [3.8, 4) is 17.0 Å². The number of aromatic nitrogens is 2. The fourth-order valence-electron chi connectivity index (χ4n) is 5.22. The Kier molecular flexibility index (Phi) is 5.31. The summed E-state index contributed by atoms with van der Waals surface area (Å²) in [6.07, 6.45) is 9.22. The highest BCUT2D eigenvalue weighted by Gasteiger charge is 2.37. The summed E-state index contributed by atoms with van der Waals surface area (Å²) in [5, 5.41) is 0. The Labute approximate surface area is 169 Å². The number of rotatable bonds is 4. The molecule has 4 rings (SSSR count). The van der Waals surface area contributed by atoms with Gasteiger partial charge in [0.15, 0.2) is 5.82 Å². The van der Waals surface area contributed by atoms with Crippen molar-refractivity contribution in [3.05, 3.63) is 35.2 Å². The molecule has 0 radical (unpaired) electrons. The van der Waals surface area contributed by atoms with E-state index in [1.54, 1.807) is 7.11 Å². The molecule has 2 aliphatic rings. The van der Waals surface area contributed by atoms with E-state index in [2.05, 4.69) is 43.9 Å². The number of para-hydroxylation sites is 1. The summed E-state index contributed by atoms with van der Waals surface area (Å²) in [6, 6.07) is 6.24. The maximum absolute atomic E-state index is 5.68. The van der Waals surface area contributed by atoms with E-state index in [4.69, 9.17) is 14.7 Å². The van der Waals surface area contributed by atoms with Crippen molar-refractivity contribution in [1.82, 2.24) is 9.97 Å². The number of anilines is 1. The van der Waals surface area contributed by atoms with Gasteiger partial charge in [-0.05, 0) is 63.0 Å². The molecular weight excluding hydrogens is 346 g/mol. The minimum Gasteiger partial charge on any atom is -0.496 e. The fourth-order valence-corrected chi connectivity index (χ4v) is 5.22. The van der Waals surface area contributed by atoms with E-state index < -0.39 is 0 Å². The van der Waals surface area contributed by atoms with Crippen molar-refractivity contribution in [2.24, 2.45) is 5.41 Å². The molecule has 1 aromatic heterocycles. The first-order chi connectivity index (χ1) is 13.6. The third-order valence-corrected chi connectivity index (χ3v) is 6.92. The molecule has 0 atom stereocenters. The van der Waals surface area contributed by atoms with Gasteiger partial charge in [-0.15, -0.1) is 0 Å². The lowest BCUT2D eigenvalue weighted by molar-refractivity contribution is 0.226. The predicted molar refractivity (Wildman–Crippen MR) is 115 cm³/mol. The van der Waals surface area contributed by atoms with Gasteiger partial charge in [0.1, 0.15) is 5.75 Å². The van der Waals surface area contributed by atoms with Gasteiger partial charge in [0.05, 0.1) is 24.2 Å². The number of piperidine rings is 1. The van der Waals surface area contributed by atoms with Gasteiger partial charge in [0.25, 0.3) is 0 Å². The Morgan fingerprint density at radius 1 is 1.04 bits per heavy atom. The molecule has 150 valence electrons. The second-order valence-corrected chi connectivity index (χ2v) is 8.63. The van der Waals surface area contributed by atoms with Crippen molar-refractivity contribution in [2.45, 2.75) is 65.7 Å². The average molecular weight is 380 g/mol. The molecule has 1 spiro atoms. The van der Waals surface area contributed by atoms with Gasteiger partial charge in [-0.25, -0.2) is 9.97 Å². The van der Waals surface area contributed by atoms with Gasteiger partial charge < -0.3 is 9.64 Å². The summed E-state index contributed by atoms with van der Waals surface area (Å²) in [6.45, 7) is 8.58. The van der Waals surface area contributed by atoms with Crippen molar-refractivity contribution >= 4 is 5.82 Å². The molecule has 1 saturated heterocycles. The zero-order valence-corrected chi connectivity index (χ0v) is 17.8. The van der Waals surface area contributed by atoms with Crippen LogP contribution in [0, 0.1) is 19.3 Å². The zero-order chi connectivity index (χ0) is 19.7. The smallest absolute Gasteiger partial charge is 0.150 e. The molecule has 1 aliphatic heterocycles. The van der Waals surface area contributed by atoms with Crippen LogP contribution in [0.4, 0.5) is 5.82 Å². The lowest BCUT2D eigenvalue weighted by atomic mass is 9.77. The third-order valence-electron chi connectivity index (χ3n) is 6.92. The van der Waals surface area contributed by atoms with Gasteiger partial charge in [-0.3, -0.25) is 0 Å². The Morgan fingerprint density at radius 3 is 2.39 bits per heavy atom. The Bertz CT molecular complexity index is 845. The number of benzene rings is 1. The lowest BCUT2D eigenvalue weighted by Crippen LogP contribution is -2.40. The molecule has 2 aromatic rings. The van der Waals surface area contributed by atoms with Crippen LogP contribution < -0.4 is 9.64 Å². The van der Waals surface area contributed by atoms with Crippen LogP contribution in [0.25, 0.3) is 11.3 Å². The van der Waals surface area contributed by atoms with Crippen molar-refractivity contribution in [1.29, 1.82) is 0 Å². The number of aryl methyl sites for hydroxylation is 3. The molecule has 4 nitrogen and oxygen atoms in total. The second-order valence-electron chi connectivity index (χ2n) is 8.63. The van der Waals surface area contributed by atoms with E-state index >= 15 is 0 Å². The van der Waals surface area contributed by atoms with Crippen molar-refractivity contribution in [3.63, 3.8) is 0 Å². The van der Waals surface area contributed by atoms with E-state index in [-0.39, 0.29) is 0 Å². The quantitative estimate of drug-likeness (QED) is 0.704. The maximum atomic E-state index is 5.68. The number of nitrogens with zero attached hydrogens (tertiary/aromatic N) is 3. The summed E-state index contributed by atoms with van der Waals surface area (Å²) in [5.74, 6) is 2.00. The summed E-state index contributed by atoms with van der Waals surface area (Å²) in [7, 11) is 1.73. The van der Waals surface area contributed by atoms with Crippen molar-refractivity contribution < 1.29 is 4.74 Å². The van der Waals surface area contributed by atoms with E-state index in [0.717, 1.165) is 59.3 Å². The van der Waals surface area contributed by atoms with Crippen LogP contribution in [0.2, 0.25) is 0 Å². The van der Waals surface area contributed by atoms with E-state index in [0.29, 0.717) is 5.41 Å². The fraction of sp³-hybridized carbons (Fsp3) is 0.583. The molecule has 0 unspecified atom stereocenters. The Morgan fingerprint density at radius 2 is 1.75 bits per heavy atom. The molecule has 4 heteroatoms. The standard InChI is InChI=1S/C24H33N3O/c1-5-20-23(27-15-13-24(14-16-27)11-6-7-12-24)25-18(3)21(26-20)19-10-8-9-17(2)22(19)28-4/h8-10H,5-7,11-16H2,1-4H3. The molecule has 2 fully saturated rings. The van der Waals surface area contributed by atoms with E-state index in [1.165, 1.54) is 38.5 Å². The summed E-state index contributed by atoms with van der Waals surface area (Å²) < 4.78 is 5.68. The predicted octanol–water partition coefficient (Wildman–Crippen LogP) is 5.49. The molecular formula is C24H33N3O. The molecule has 0 bridgehead atoms. The largest absolute Gasteiger partial charge is 0.496 e. The Balaban J connectivity index is 1.66. The van der Waals surface area contributed by atoms with Crippen LogP contribution in [0.3, 0.4) is 0 Å². The highest BCUT2D eigenvalue weighted by Crippen LogP contribution is 2.47. The minimum atomic E-state index is 0.625. The molecule has 0 N–H and O–H groups in total. The number of hydrogen-bond acceptors (Lipinski definition) is 4. The third kappa shape index (κ3) is 3.38. The van der Waals surface area contributed by atoms with Crippen LogP contribution in [0.15, 0.2) is 18.2 Å². The topological polar surface area (TPSA) is 38.3 Å². The first-order valence-electron chi connectivity index (χ1n) is 10.8. The number of ether oxygens (including phenoxy) is 1. The van der Waals surface area contributed by atoms with Crippen molar-refractivity contribution in [2.75, 3.05) is 25.1 Å². The van der Waals surface area contributed by atoms with Gasteiger partial charge >= 0.3 is 0 Å². The Hall–Kier alpha value is -2.10. The molecule has 0 amide bonds. The molecule has 2 heterocycles. The second kappa shape index (κ2) is 7.73. The van der Waals surface area contributed by atoms with E-state index in [1.807, 2.05) is 0 Å². The SMILES string of the molecule is CCc1nc(-c2cccc(C)c2OC)c(C)nc1N1CCC2(CCCC2)CC1. The number of hydrogen-bond donors (Lipinski definition) is 0. The monoisotopic (exact) mass is 379 g/mol. The lowest BCUT2D eigenvalue weighted by Gasteiger charge is -2.40. The first-order valence-corrected chi connectivity index (χ1v) is 10.8. The highest BCUT2D eigenvalue weighted by molar-refractivity contribution is 5.72. The molecule has 1 aromatic carbocycles. The van der Waals surface area contributed by atoms with Crippen LogP contribution in [-0.4, -0.2) is 30.2 Å². The minimum absolute atomic E-state index is 0.625. The summed E-state index contributed by atoms with van der Waals surface area (Å²) >= 11 is 0. The van der Waals surface area contributed by atoms with Gasteiger partial charge in [-0.1, -0.05) is 31.9 Å². The summed E-state index contributed by atoms with van der Waals surface area (Å²) in [5.41, 5.74) is 5.83. The zero-order valence-electron chi connectivity index (χ0n) is 17.8. The van der Waals surface area contributed by atoms with E-state index in [9.17, 15) is 0 Å². The summed E-state index contributed by atoms with van der Waals surface area (Å²) in [4.78, 5) is 12.6. The molecule has 28 heavy (non-hydrogen) atoms. The highest BCUT2D eigenvalue weighted by atomic mass is 16.5. The van der Waals surface area contributed by atoms with Gasteiger partial charge in [0.2, 0.25) is 0 Å². The molecule has 1 saturated carbocycles. The average Bonchev–Trinajstić information content (AvgIpc) is 3.16. The van der Waals surface area contributed by atoms with Gasteiger partial charge in [-0.2, -0.15) is 0 Å². The number of methoxy groups -OCH3 is 1. The van der Waals surface area contributed by atoms with Crippen LogP contribution >= 0.6 is 0 Å². The van der Waals surface area contributed by atoms with Gasteiger partial charge in [0, 0.05) is 18.7 Å². The molecule has 1 aliphatic carbocycles. The maximum Gasteiger partial charge on any atom is 0.150 e. The first kappa shape index (κ1) is 19.2. The van der Waals surface area contributed by atoms with Crippen LogP contribution in [0.1, 0.15) is 62.4 Å². The van der Waals surface area contributed by atoms with Crippen LogP contribution in [0.5, 0.6) is 5.75 Å². The normalized spacial score (nSPS) is 18.6.